The van der Waals surface area contributed by atoms with Gasteiger partial charge in [-0.1, -0.05) is 6.07 Å². The van der Waals surface area contributed by atoms with Crippen LogP contribution in [0.3, 0.4) is 0 Å². The molecular weight excluding hydrogens is 542 g/mol. The minimum atomic E-state index is -4.56. The SMILES string of the molecule is CCNC(=NCc1ccc(OC(C)(C)C)cc1C(F)(F)F)NCCN1C(=O)CNC1=O.I. The third-order valence-electron chi connectivity index (χ3n) is 4.13. The highest BCUT2D eigenvalue weighted by molar-refractivity contribution is 14.0. The van der Waals surface area contributed by atoms with E-state index in [0.717, 1.165) is 11.0 Å². The maximum Gasteiger partial charge on any atom is 0.416 e. The van der Waals surface area contributed by atoms with E-state index >= 15 is 0 Å². The minimum Gasteiger partial charge on any atom is -0.488 e. The number of imide groups is 1. The number of aliphatic imine (C=N–C) groups is 1. The van der Waals surface area contributed by atoms with Crippen molar-refractivity contribution in [2.45, 2.75) is 46.0 Å². The number of rotatable bonds is 7. The molecule has 0 bridgehead atoms. The maximum absolute atomic E-state index is 13.6. The van der Waals surface area contributed by atoms with E-state index in [4.69, 9.17) is 4.74 Å². The second kappa shape index (κ2) is 11.6. The third kappa shape index (κ3) is 8.36. The topological polar surface area (TPSA) is 95.1 Å². The third-order valence-corrected chi connectivity index (χ3v) is 4.13. The number of carbonyl (C=O) groups is 2. The Morgan fingerprint density at radius 2 is 1.91 bits per heavy atom. The molecule has 0 saturated carbocycles. The fourth-order valence-electron chi connectivity index (χ4n) is 2.85. The summed E-state index contributed by atoms with van der Waals surface area (Å²) in [5, 5.41) is 8.26. The molecule has 0 radical (unpaired) electrons. The smallest absolute Gasteiger partial charge is 0.416 e. The largest absolute Gasteiger partial charge is 0.488 e. The van der Waals surface area contributed by atoms with Crippen LogP contribution < -0.4 is 20.7 Å². The van der Waals surface area contributed by atoms with Gasteiger partial charge in [-0.05, 0) is 45.4 Å². The molecule has 8 nitrogen and oxygen atoms in total. The summed E-state index contributed by atoms with van der Waals surface area (Å²) in [7, 11) is 0. The van der Waals surface area contributed by atoms with Crippen molar-refractivity contribution in [3.05, 3.63) is 29.3 Å². The van der Waals surface area contributed by atoms with Gasteiger partial charge in [-0.15, -0.1) is 24.0 Å². The molecule has 3 amide bonds. The molecule has 0 aromatic heterocycles. The van der Waals surface area contributed by atoms with Crippen LogP contribution in [0.15, 0.2) is 23.2 Å². The van der Waals surface area contributed by atoms with Gasteiger partial charge in [-0.2, -0.15) is 13.2 Å². The van der Waals surface area contributed by atoms with E-state index in [1.165, 1.54) is 12.1 Å². The Hall–Kier alpha value is -2.25. The van der Waals surface area contributed by atoms with Crippen LogP contribution in [0, 0.1) is 0 Å². The highest BCUT2D eigenvalue weighted by Crippen LogP contribution is 2.35. The van der Waals surface area contributed by atoms with Crippen molar-refractivity contribution < 1.29 is 27.5 Å². The number of hydrogen-bond donors (Lipinski definition) is 3. The van der Waals surface area contributed by atoms with Gasteiger partial charge < -0.3 is 20.7 Å². The quantitative estimate of drug-likeness (QED) is 0.203. The van der Waals surface area contributed by atoms with Gasteiger partial charge in [0.2, 0.25) is 5.91 Å². The number of amides is 3. The first-order valence-corrected chi connectivity index (χ1v) is 9.90. The number of nitrogens with zero attached hydrogens (tertiary/aromatic N) is 2. The van der Waals surface area contributed by atoms with Gasteiger partial charge >= 0.3 is 12.2 Å². The highest BCUT2D eigenvalue weighted by atomic mass is 127. The molecule has 0 aliphatic carbocycles. The van der Waals surface area contributed by atoms with Crippen LogP contribution in [0.25, 0.3) is 0 Å². The Morgan fingerprint density at radius 3 is 2.44 bits per heavy atom. The first-order chi connectivity index (χ1) is 14.4. The zero-order valence-corrected chi connectivity index (χ0v) is 20.8. The number of nitrogens with one attached hydrogen (secondary N) is 3. The van der Waals surface area contributed by atoms with Gasteiger partial charge in [0.25, 0.3) is 0 Å². The monoisotopic (exact) mass is 571 g/mol. The van der Waals surface area contributed by atoms with Crippen LogP contribution in [0.1, 0.15) is 38.8 Å². The summed E-state index contributed by atoms with van der Waals surface area (Å²) in [5.74, 6) is 0.0740. The van der Waals surface area contributed by atoms with Crippen molar-refractivity contribution in [1.29, 1.82) is 0 Å². The number of benzene rings is 1. The average Bonchev–Trinajstić information content (AvgIpc) is 2.96. The molecule has 2 rings (SSSR count). The van der Waals surface area contributed by atoms with Gasteiger partial charge in [0, 0.05) is 19.6 Å². The van der Waals surface area contributed by atoms with E-state index in [-0.39, 0.29) is 73.3 Å². The Morgan fingerprint density at radius 1 is 1.22 bits per heavy atom. The highest BCUT2D eigenvalue weighted by Gasteiger charge is 2.34. The lowest BCUT2D eigenvalue weighted by Crippen LogP contribution is -2.43. The zero-order valence-electron chi connectivity index (χ0n) is 18.4. The average molecular weight is 571 g/mol. The van der Waals surface area contributed by atoms with Crippen molar-refractivity contribution in [3.8, 4) is 5.75 Å². The number of guanidine groups is 1. The van der Waals surface area contributed by atoms with Gasteiger partial charge in [-0.25, -0.2) is 9.79 Å². The van der Waals surface area contributed by atoms with Gasteiger partial charge in [0.15, 0.2) is 5.96 Å². The maximum atomic E-state index is 13.6. The number of ether oxygens (including phenoxy) is 1. The van der Waals surface area contributed by atoms with Gasteiger partial charge in [-0.3, -0.25) is 9.69 Å². The summed E-state index contributed by atoms with van der Waals surface area (Å²) in [6.07, 6.45) is -4.56. The molecular formula is C20H29F3IN5O3. The predicted octanol–water partition coefficient (Wildman–Crippen LogP) is 3.11. The van der Waals surface area contributed by atoms with E-state index in [2.05, 4.69) is 20.9 Å². The first-order valence-electron chi connectivity index (χ1n) is 9.90. The molecule has 12 heteroatoms. The summed E-state index contributed by atoms with van der Waals surface area (Å²) >= 11 is 0. The van der Waals surface area contributed by atoms with Crippen molar-refractivity contribution in [1.82, 2.24) is 20.9 Å². The van der Waals surface area contributed by atoms with Crippen LogP contribution >= 0.6 is 24.0 Å². The molecule has 1 fully saturated rings. The zero-order chi connectivity index (χ0) is 23.2. The predicted molar refractivity (Wildman–Crippen MR) is 125 cm³/mol. The minimum absolute atomic E-state index is 0. The summed E-state index contributed by atoms with van der Waals surface area (Å²) in [4.78, 5) is 28.4. The molecule has 1 aromatic rings. The van der Waals surface area contributed by atoms with E-state index in [1.54, 1.807) is 20.8 Å². The Kier molecular flexibility index (Phi) is 10.0. The summed E-state index contributed by atoms with van der Waals surface area (Å²) in [6.45, 7) is 7.63. The molecule has 1 aliphatic rings. The second-order valence-electron chi connectivity index (χ2n) is 7.86. The molecule has 1 saturated heterocycles. The van der Waals surface area contributed by atoms with Crippen molar-refractivity contribution in [2.24, 2.45) is 4.99 Å². The first kappa shape index (κ1) is 27.8. The lowest BCUT2D eigenvalue weighted by molar-refractivity contribution is -0.138. The van der Waals surface area contributed by atoms with Crippen LogP contribution in [0.4, 0.5) is 18.0 Å². The van der Waals surface area contributed by atoms with E-state index in [0.29, 0.717) is 6.54 Å². The number of hydrogen-bond acceptors (Lipinski definition) is 4. The Balaban J connectivity index is 0.00000512. The fraction of sp³-hybridized carbons (Fsp3) is 0.550. The summed E-state index contributed by atoms with van der Waals surface area (Å²) in [5.41, 5.74) is -1.44. The summed E-state index contributed by atoms with van der Waals surface area (Å²) in [6, 6.07) is 3.35. The number of alkyl halides is 3. The lowest BCUT2D eigenvalue weighted by Gasteiger charge is -2.22. The number of carbonyl (C=O) groups excluding carboxylic acids is 2. The van der Waals surface area contributed by atoms with Crippen molar-refractivity contribution >= 4 is 41.9 Å². The van der Waals surface area contributed by atoms with Crippen LogP contribution in [-0.4, -0.2) is 54.6 Å². The molecule has 3 N–H and O–H groups in total. The Labute approximate surface area is 202 Å². The van der Waals surface area contributed by atoms with Crippen LogP contribution in [0.2, 0.25) is 0 Å². The standard InChI is InChI=1S/C20H28F3N5O3.HI/c1-5-24-17(25-8-9-28-16(29)12-27-18(28)30)26-11-13-6-7-14(31-19(2,3)4)10-15(13)20(21,22)23;/h6-7,10H,5,8-9,11-12H2,1-4H3,(H,27,30)(H2,24,25,26);1H. The van der Waals surface area contributed by atoms with Crippen molar-refractivity contribution in [3.63, 3.8) is 0 Å². The van der Waals surface area contributed by atoms with E-state index < -0.39 is 23.4 Å². The molecule has 0 atom stereocenters. The van der Waals surface area contributed by atoms with Crippen molar-refractivity contribution in [2.75, 3.05) is 26.2 Å². The summed E-state index contributed by atoms with van der Waals surface area (Å²) < 4.78 is 46.3. The molecule has 1 heterocycles. The van der Waals surface area contributed by atoms with Gasteiger partial charge in [0.1, 0.15) is 11.4 Å². The second-order valence-corrected chi connectivity index (χ2v) is 7.86. The molecule has 180 valence electrons. The van der Waals surface area contributed by atoms with E-state index in [9.17, 15) is 22.8 Å². The molecule has 32 heavy (non-hydrogen) atoms. The van der Waals surface area contributed by atoms with Gasteiger partial charge in [0.05, 0.1) is 18.7 Å². The molecule has 0 unspecified atom stereocenters. The number of urea groups is 1. The lowest BCUT2D eigenvalue weighted by atomic mass is 10.1. The van der Waals surface area contributed by atoms with E-state index in [1.807, 2.05) is 6.92 Å². The molecule has 0 spiro atoms. The molecule has 1 aromatic carbocycles. The number of halogens is 4. The van der Waals surface area contributed by atoms with Crippen LogP contribution in [0.5, 0.6) is 5.75 Å². The fourth-order valence-corrected chi connectivity index (χ4v) is 2.85. The molecule has 1 aliphatic heterocycles. The normalized spacial score (nSPS) is 14.7. The van der Waals surface area contributed by atoms with Crippen LogP contribution in [-0.2, 0) is 17.5 Å². The Bertz CT molecular complexity index is 825.